The molecule has 1 unspecified atom stereocenters. The molecule has 0 spiro atoms. The van der Waals surface area contributed by atoms with E-state index in [1.165, 1.54) is 0 Å². The molecule has 0 aliphatic carbocycles. The van der Waals surface area contributed by atoms with Gasteiger partial charge in [-0.15, -0.1) is 0 Å². The molecule has 15 heavy (non-hydrogen) atoms. The van der Waals surface area contributed by atoms with Gasteiger partial charge in [0, 0.05) is 26.6 Å². The summed E-state index contributed by atoms with van der Waals surface area (Å²) in [6.45, 7) is 0. The van der Waals surface area contributed by atoms with Gasteiger partial charge in [-0.05, 0) is 18.1 Å². The van der Waals surface area contributed by atoms with Gasteiger partial charge < -0.3 is 15.2 Å². The van der Waals surface area contributed by atoms with Crippen LogP contribution in [0.15, 0.2) is 18.5 Å². The normalized spacial score (nSPS) is 13.1. The van der Waals surface area contributed by atoms with Gasteiger partial charge in [-0.25, -0.2) is 0 Å². The minimum atomic E-state index is -0.422. The molecule has 0 radical (unpaired) electrons. The lowest BCUT2D eigenvalue weighted by atomic mass is 10.1. The second kappa shape index (κ2) is 6.02. The van der Waals surface area contributed by atoms with Crippen LogP contribution in [-0.4, -0.2) is 31.5 Å². The van der Waals surface area contributed by atoms with Crippen molar-refractivity contribution in [1.82, 2.24) is 4.98 Å². The summed E-state index contributed by atoms with van der Waals surface area (Å²) in [4.78, 5) is 3.90. The van der Waals surface area contributed by atoms with E-state index in [-0.39, 0.29) is 6.04 Å². The first kappa shape index (κ1) is 12.4. The summed E-state index contributed by atoms with van der Waals surface area (Å²) in [7, 11) is 3.12. The maximum Gasteiger partial charge on any atom is 0.172 e. The van der Waals surface area contributed by atoms with E-state index in [0.717, 1.165) is 5.56 Å². The smallest absolute Gasteiger partial charge is 0.172 e. The largest absolute Gasteiger partial charge is 0.354 e. The number of hydrogen-bond donors (Lipinski definition) is 1. The molecule has 0 amide bonds. The van der Waals surface area contributed by atoms with Gasteiger partial charge in [0.2, 0.25) is 0 Å². The van der Waals surface area contributed by atoms with Crippen molar-refractivity contribution in [3.8, 4) is 0 Å². The van der Waals surface area contributed by atoms with Crippen LogP contribution < -0.4 is 5.73 Å². The fraction of sp³-hybridized carbons (Fsp3) is 0.500. The van der Waals surface area contributed by atoms with Gasteiger partial charge in [-0.3, -0.25) is 4.98 Å². The van der Waals surface area contributed by atoms with Gasteiger partial charge in [0.15, 0.2) is 6.29 Å². The molecule has 0 aliphatic heterocycles. The van der Waals surface area contributed by atoms with Gasteiger partial charge >= 0.3 is 0 Å². The summed E-state index contributed by atoms with van der Waals surface area (Å²) in [5.41, 5.74) is 6.85. The van der Waals surface area contributed by atoms with Crippen molar-refractivity contribution in [2.75, 3.05) is 14.2 Å². The molecule has 0 fully saturated rings. The summed E-state index contributed by atoms with van der Waals surface area (Å²) >= 11 is 5.96. The maximum atomic E-state index is 5.96. The molecule has 2 N–H and O–H groups in total. The average molecular weight is 231 g/mol. The number of methoxy groups -OCH3 is 2. The molecule has 0 aromatic carbocycles. The lowest BCUT2D eigenvalue weighted by Gasteiger charge is -2.21. The molecule has 1 aromatic rings. The zero-order chi connectivity index (χ0) is 11.3. The van der Waals surface area contributed by atoms with Gasteiger partial charge in [-0.1, -0.05) is 11.6 Å². The topological polar surface area (TPSA) is 57.4 Å². The van der Waals surface area contributed by atoms with E-state index in [0.29, 0.717) is 11.4 Å². The first-order valence-corrected chi connectivity index (χ1v) is 4.96. The van der Waals surface area contributed by atoms with Crippen LogP contribution in [-0.2, 0) is 15.9 Å². The van der Waals surface area contributed by atoms with E-state index in [4.69, 9.17) is 26.8 Å². The van der Waals surface area contributed by atoms with E-state index in [1.54, 1.807) is 26.6 Å². The molecule has 1 atom stereocenters. The third-order valence-corrected chi connectivity index (χ3v) is 2.47. The number of rotatable bonds is 5. The second-order valence-corrected chi connectivity index (χ2v) is 3.58. The fourth-order valence-corrected chi connectivity index (χ4v) is 1.56. The highest BCUT2D eigenvalue weighted by Gasteiger charge is 2.17. The Balaban J connectivity index is 2.65. The lowest BCUT2D eigenvalue weighted by Crippen LogP contribution is -2.39. The number of ether oxygens (including phenoxy) is 2. The van der Waals surface area contributed by atoms with E-state index in [2.05, 4.69) is 4.98 Å². The molecular formula is C10H15ClN2O2. The van der Waals surface area contributed by atoms with Gasteiger partial charge in [0.05, 0.1) is 11.1 Å². The van der Waals surface area contributed by atoms with Crippen LogP contribution in [0.1, 0.15) is 5.56 Å². The highest BCUT2D eigenvalue weighted by atomic mass is 35.5. The van der Waals surface area contributed by atoms with Crippen molar-refractivity contribution < 1.29 is 9.47 Å². The number of nitrogens with zero attached hydrogens (tertiary/aromatic N) is 1. The Hall–Kier alpha value is -0.680. The van der Waals surface area contributed by atoms with Crippen molar-refractivity contribution in [2.24, 2.45) is 5.73 Å². The molecule has 1 aromatic heterocycles. The summed E-state index contributed by atoms with van der Waals surface area (Å²) < 4.78 is 10.1. The fourth-order valence-electron chi connectivity index (χ4n) is 1.37. The average Bonchev–Trinajstić information content (AvgIpc) is 2.23. The van der Waals surface area contributed by atoms with E-state index < -0.39 is 6.29 Å². The van der Waals surface area contributed by atoms with Crippen molar-refractivity contribution >= 4 is 11.6 Å². The van der Waals surface area contributed by atoms with Crippen LogP contribution in [0.4, 0.5) is 0 Å². The van der Waals surface area contributed by atoms with Crippen LogP contribution in [0, 0.1) is 0 Å². The Morgan fingerprint density at radius 3 is 2.67 bits per heavy atom. The van der Waals surface area contributed by atoms with Crippen LogP contribution >= 0.6 is 11.6 Å². The molecule has 0 saturated heterocycles. The molecule has 1 heterocycles. The zero-order valence-electron chi connectivity index (χ0n) is 8.81. The molecule has 1 rings (SSSR count). The minimum absolute atomic E-state index is 0.250. The van der Waals surface area contributed by atoms with Crippen LogP contribution in [0.25, 0.3) is 0 Å². The SMILES string of the molecule is COC(OC)C(N)Cc1ccncc1Cl. The van der Waals surface area contributed by atoms with Crippen LogP contribution in [0.5, 0.6) is 0 Å². The first-order chi connectivity index (χ1) is 7.19. The molecule has 0 aliphatic rings. The Morgan fingerprint density at radius 1 is 1.47 bits per heavy atom. The van der Waals surface area contributed by atoms with E-state index in [9.17, 15) is 0 Å². The van der Waals surface area contributed by atoms with Crippen LogP contribution in [0.3, 0.4) is 0 Å². The van der Waals surface area contributed by atoms with E-state index in [1.807, 2.05) is 6.07 Å². The van der Waals surface area contributed by atoms with Crippen molar-refractivity contribution in [3.05, 3.63) is 29.0 Å². The molecule has 4 nitrogen and oxygen atoms in total. The molecule has 0 bridgehead atoms. The highest BCUT2D eigenvalue weighted by Crippen LogP contribution is 2.16. The van der Waals surface area contributed by atoms with Crippen LogP contribution in [0.2, 0.25) is 5.02 Å². The van der Waals surface area contributed by atoms with Crippen molar-refractivity contribution in [1.29, 1.82) is 0 Å². The maximum absolute atomic E-state index is 5.96. The Morgan fingerprint density at radius 2 is 2.13 bits per heavy atom. The van der Waals surface area contributed by atoms with Crippen molar-refractivity contribution in [3.63, 3.8) is 0 Å². The number of nitrogens with two attached hydrogens (primary N) is 1. The predicted octanol–water partition coefficient (Wildman–Crippen LogP) is 1.22. The number of halogens is 1. The summed E-state index contributed by atoms with van der Waals surface area (Å²) in [5, 5.41) is 0.610. The monoisotopic (exact) mass is 230 g/mol. The van der Waals surface area contributed by atoms with Gasteiger partial charge in [0.25, 0.3) is 0 Å². The quantitative estimate of drug-likeness (QED) is 0.773. The number of aromatic nitrogens is 1. The molecular weight excluding hydrogens is 216 g/mol. The van der Waals surface area contributed by atoms with Gasteiger partial charge in [-0.2, -0.15) is 0 Å². The van der Waals surface area contributed by atoms with Gasteiger partial charge in [0.1, 0.15) is 0 Å². The lowest BCUT2D eigenvalue weighted by molar-refractivity contribution is -0.115. The zero-order valence-corrected chi connectivity index (χ0v) is 9.57. The van der Waals surface area contributed by atoms with Crippen molar-refractivity contribution in [2.45, 2.75) is 18.8 Å². The third-order valence-electron chi connectivity index (χ3n) is 2.13. The Kier molecular flexibility index (Phi) is 4.98. The van der Waals surface area contributed by atoms with E-state index >= 15 is 0 Å². The third kappa shape index (κ3) is 3.43. The summed E-state index contributed by atoms with van der Waals surface area (Å²) in [6, 6.07) is 1.59. The molecule has 5 heteroatoms. The predicted molar refractivity (Wildman–Crippen MR) is 58.7 cm³/mol. The first-order valence-electron chi connectivity index (χ1n) is 4.58. The standard InChI is InChI=1S/C10H15ClN2O2/c1-14-10(15-2)9(12)5-7-3-4-13-6-8(7)11/h3-4,6,9-10H,5,12H2,1-2H3. The Labute approximate surface area is 94.3 Å². The highest BCUT2D eigenvalue weighted by molar-refractivity contribution is 6.31. The number of pyridine rings is 1. The summed E-state index contributed by atoms with van der Waals surface area (Å²) in [6.07, 6.45) is 3.45. The second-order valence-electron chi connectivity index (χ2n) is 3.17. The number of hydrogen-bond acceptors (Lipinski definition) is 4. The molecule has 0 saturated carbocycles. The minimum Gasteiger partial charge on any atom is -0.354 e. The Bertz CT molecular complexity index is 305. The summed E-state index contributed by atoms with van der Waals surface area (Å²) in [5.74, 6) is 0. The molecule has 84 valence electrons.